The topological polar surface area (TPSA) is 57.3 Å². The first kappa shape index (κ1) is 14.2. The van der Waals surface area contributed by atoms with Crippen LogP contribution in [0.3, 0.4) is 0 Å². The molecule has 0 radical (unpaired) electrons. The number of carbonyl (C=O) groups is 1. The van der Waals surface area contributed by atoms with E-state index in [4.69, 9.17) is 11.6 Å². The maximum absolute atomic E-state index is 12.0. The van der Waals surface area contributed by atoms with Crippen LogP contribution in [-0.2, 0) is 11.3 Å². The summed E-state index contributed by atoms with van der Waals surface area (Å²) in [7, 11) is 0. The largest absolute Gasteiger partial charge is 0.355 e. The fraction of sp³-hybridized carbons (Fsp3) is 0.538. The van der Waals surface area contributed by atoms with Gasteiger partial charge in [-0.3, -0.25) is 14.7 Å². The van der Waals surface area contributed by atoms with Crippen LogP contribution < -0.4 is 10.6 Å². The zero-order valence-electron chi connectivity index (χ0n) is 11.0. The first-order valence-corrected chi connectivity index (χ1v) is 6.91. The number of piperazine rings is 1. The van der Waals surface area contributed by atoms with Crippen LogP contribution in [0.2, 0.25) is 5.02 Å². The minimum atomic E-state index is -0.141. The number of nitrogens with one attached hydrogen (secondary N) is 2. The fourth-order valence-electron chi connectivity index (χ4n) is 2.24. The zero-order valence-corrected chi connectivity index (χ0v) is 11.8. The smallest absolute Gasteiger partial charge is 0.238 e. The highest BCUT2D eigenvalue weighted by atomic mass is 35.5. The number of hydrogen-bond donors (Lipinski definition) is 2. The van der Waals surface area contributed by atoms with E-state index in [9.17, 15) is 4.79 Å². The molecule has 1 aliphatic heterocycles. The number of rotatable bonds is 4. The van der Waals surface area contributed by atoms with Crippen LogP contribution in [-0.4, -0.2) is 48.0 Å². The van der Waals surface area contributed by atoms with Gasteiger partial charge >= 0.3 is 0 Å². The molecule has 1 amide bonds. The van der Waals surface area contributed by atoms with E-state index >= 15 is 0 Å². The number of amides is 1. The van der Waals surface area contributed by atoms with Gasteiger partial charge in [-0.25, -0.2) is 0 Å². The highest BCUT2D eigenvalue weighted by Gasteiger charge is 2.28. The van der Waals surface area contributed by atoms with Crippen molar-refractivity contribution < 1.29 is 4.79 Å². The van der Waals surface area contributed by atoms with Crippen molar-refractivity contribution >= 4 is 17.5 Å². The second-order valence-corrected chi connectivity index (χ2v) is 4.96. The molecule has 0 saturated carbocycles. The molecule has 2 rings (SSSR count). The minimum absolute atomic E-state index is 0.0693. The van der Waals surface area contributed by atoms with Crippen molar-refractivity contribution in [1.29, 1.82) is 0 Å². The molecule has 1 atom stereocenters. The Hall–Kier alpha value is -1.17. The first-order chi connectivity index (χ1) is 9.22. The van der Waals surface area contributed by atoms with Crippen molar-refractivity contribution in [2.45, 2.75) is 19.5 Å². The van der Waals surface area contributed by atoms with Crippen LogP contribution in [0.4, 0.5) is 0 Å². The lowest BCUT2D eigenvalue weighted by Crippen LogP contribution is -2.57. The third-order valence-electron chi connectivity index (χ3n) is 3.24. The average Bonchev–Trinajstić information content (AvgIpc) is 2.42. The van der Waals surface area contributed by atoms with Crippen molar-refractivity contribution in [3.05, 3.63) is 29.0 Å². The van der Waals surface area contributed by atoms with E-state index < -0.39 is 0 Å². The maximum Gasteiger partial charge on any atom is 0.238 e. The van der Waals surface area contributed by atoms with E-state index in [1.165, 1.54) is 0 Å². The minimum Gasteiger partial charge on any atom is -0.355 e. The van der Waals surface area contributed by atoms with Gasteiger partial charge in [0.25, 0.3) is 0 Å². The molecular weight excluding hydrogens is 264 g/mol. The highest BCUT2D eigenvalue weighted by molar-refractivity contribution is 6.31. The summed E-state index contributed by atoms with van der Waals surface area (Å²) in [5.41, 5.74) is 1.01. The summed E-state index contributed by atoms with van der Waals surface area (Å²) < 4.78 is 0. The number of halogens is 1. The Morgan fingerprint density at radius 3 is 3.26 bits per heavy atom. The molecule has 1 unspecified atom stereocenters. The monoisotopic (exact) mass is 282 g/mol. The van der Waals surface area contributed by atoms with Crippen molar-refractivity contribution in [2.75, 3.05) is 26.2 Å². The molecule has 1 aliphatic rings. The molecule has 1 fully saturated rings. The summed E-state index contributed by atoms with van der Waals surface area (Å²) >= 11 is 6.13. The van der Waals surface area contributed by atoms with Gasteiger partial charge in [0.2, 0.25) is 5.91 Å². The lowest BCUT2D eigenvalue weighted by molar-refractivity contribution is -0.127. The SMILES string of the molecule is CCNC(=O)C1CNCCN1Cc1ccncc1Cl. The van der Waals surface area contributed by atoms with E-state index in [0.717, 1.165) is 18.7 Å². The molecule has 2 heterocycles. The van der Waals surface area contributed by atoms with Crippen LogP contribution >= 0.6 is 11.6 Å². The Labute approximate surface area is 118 Å². The molecule has 0 bridgehead atoms. The maximum atomic E-state index is 12.0. The van der Waals surface area contributed by atoms with Crippen LogP contribution in [0.15, 0.2) is 18.5 Å². The lowest BCUT2D eigenvalue weighted by Gasteiger charge is -2.35. The summed E-state index contributed by atoms with van der Waals surface area (Å²) in [5, 5.41) is 6.79. The highest BCUT2D eigenvalue weighted by Crippen LogP contribution is 2.17. The Bertz CT molecular complexity index is 440. The number of likely N-dealkylation sites (N-methyl/N-ethyl adjacent to an activating group) is 1. The van der Waals surface area contributed by atoms with E-state index in [1.54, 1.807) is 12.4 Å². The van der Waals surface area contributed by atoms with Gasteiger partial charge < -0.3 is 10.6 Å². The fourth-order valence-corrected chi connectivity index (χ4v) is 2.42. The van der Waals surface area contributed by atoms with Gasteiger partial charge in [-0.15, -0.1) is 0 Å². The van der Waals surface area contributed by atoms with Gasteiger partial charge in [-0.1, -0.05) is 11.6 Å². The van der Waals surface area contributed by atoms with Crippen LogP contribution in [0.25, 0.3) is 0 Å². The predicted molar refractivity (Wildman–Crippen MR) is 75.0 cm³/mol. The lowest BCUT2D eigenvalue weighted by atomic mass is 10.1. The molecular formula is C13H19ClN4O. The summed E-state index contributed by atoms with van der Waals surface area (Å²) in [6.07, 6.45) is 3.37. The van der Waals surface area contributed by atoms with Crippen molar-refractivity contribution in [3.63, 3.8) is 0 Å². The third kappa shape index (κ3) is 3.65. The molecule has 0 spiro atoms. The summed E-state index contributed by atoms with van der Waals surface area (Å²) in [6, 6.07) is 1.76. The predicted octanol–water partition coefficient (Wildman–Crippen LogP) is 0.645. The first-order valence-electron chi connectivity index (χ1n) is 6.53. The molecule has 0 aromatic carbocycles. The molecule has 1 aromatic heterocycles. The Balaban J connectivity index is 2.07. The molecule has 1 saturated heterocycles. The van der Waals surface area contributed by atoms with Crippen LogP contribution in [0, 0.1) is 0 Å². The standard InChI is InChI=1S/C13H19ClN4O/c1-2-17-13(19)12-8-16-5-6-18(12)9-10-3-4-15-7-11(10)14/h3-4,7,12,16H,2,5-6,8-9H2,1H3,(H,17,19). The van der Waals surface area contributed by atoms with E-state index in [2.05, 4.69) is 20.5 Å². The van der Waals surface area contributed by atoms with Gasteiger partial charge in [0, 0.05) is 45.1 Å². The average molecular weight is 283 g/mol. The van der Waals surface area contributed by atoms with Crippen molar-refractivity contribution in [3.8, 4) is 0 Å². The zero-order chi connectivity index (χ0) is 13.7. The number of hydrogen-bond acceptors (Lipinski definition) is 4. The van der Waals surface area contributed by atoms with Crippen LogP contribution in [0.5, 0.6) is 0 Å². The molecule has 6 heteroatoms. The number of aromatic nitrogens is 1. The van der Waals surface area contributed by atoms with Crippen molar-refractivity contribution in [1.82, 2.24) is 20.5 Å². The van der Waals surface area contributed by atoms with Gasteiger partial charge in [-0.2, -0.15) is 0 Å². The quantitative estimate of drug-likeness (QED) is 0.851. The van der Waals surface area contributed by atoms with Gasteiger partial charge in [-0.05, 0) is 18.6 Å². The molecule has 0 aliphatic carbocycles. The van der Waals surface area contributed by atoms with E-state index in [1.807, 2.05) is 13.0 Å². The summed E-state index contributed by atoms with van der Waals surface area (Å²) in [4.78, 5) is 18.2. The van der Waals surface area contributed by atoms with Gasteiger partial charge in [0.15, 0.2) is 0 Å². The third-order valence-corrected chi connectivity index (χ3v) is 3.58. The van der Waals surface area contributed by atoms with E-state index in [-0.39, 0.29) is 11.9 Å². The van der Waals surface area contributed by atoms with Gasteiger partial charge in [0.1, 0.15) is 6.04 Å². The number of carbonyl (C=O) groups excluding carboxylic acids is 1. The second-order valence-electron chi connectivity index (χ2n) is 4.55. The second kappa shape index (κ2) is 6.84. The molecule has 19 heavy (non-hydrogen) atoms. The normalized spacial score (nSPS) is 20.2. The molecule has 5 nitrogen and oxygen atoms in total. The van der Waals surface area contributed by atoms with Crippen LogP contribution in [0.1, 0.15) is 12.5 Å². The van der Waals surface area contributed by atoms with E-state index in [0.29, 0.717) is 24.7 Å². The van der Waals surface area contributed by atoms with Gasteiger partial charge in [0.05, 0.1) is 5.02 Å². The Morgan fingerprint density at radius 1 is 1.68 bits per heavy atom. The summed E-state index contributed by atoms with van der Waals surface area (Å²) in [6.45, 7) is 5.65. The Morgan fingerprint density at radius 2 is 2.53 bits per heavy atom. The van der Waals surface area contributed by atoms with Crippen molar-refractivity contribution in [2.24, 2.45) is 0 Å². The molecule has 1 aromatic rings. The number of nitrogens with zero attached hydrogens (tertiary/aromatic N) is 2. The number of pyridine rings is 1. The molecule has 2 N–H and O–H groups in total. The Kier molecular flexibility index (Phi) is 5.13. The molecule has 104 valence electrons. The summed E-state index contributed by atoms with van der Waals surface area (Å²) in [5.74, 6) is 0.0693.